The molecule has 0 unspecified atom stereocenters. The topological polar surface area (TPSA) is 48.7 Å². The van der Waals surface area contributed by atoms with Crippen molar-refractivity contribution in [1.29, 1.82) is 0 Å². The average molecular weight is 283 g/mol. The van der Waals surface area contributed by atoms with Crippen LogP contribution in [0.2, 0.25) is 0 Å². The maximum atomic E-state index is 5.31. The predicted octanol–water partition coefficient (Wildman–Crippen LogP) is 3.03. The first-order chi connectivity index (χ1) is 10.2. The van der Waals surface area contributed by atoms with Crippen LogP contribution in [-0.4, -0.2) is 28.6 Å². The predicted molar refractivity (Wildman–Crippen MR) is 81.0 cm³/mol. The van der Waals surface area contributed by atoms with Crippen LogP contribution < -0.4 is 9.47 Å². The van der Waals surface area contributed by atoms with Crippen molar-refractivity contribution in [2.45, 2.75) is 13.8 Å². The second-order valence-electron chi connectivity index (χ2n) is 4.86. The monoisotopic (exact) mass is 283 g/mol. The summed E-state index contributed by atoms with van der Waals surface area (Å²) in [6.45, 7) is 4.03. The quantitative estimate of drug-likeness (QED) is 0.741. The minimum absolute atomic E-state index is 0.535. The number of nitrogens with zero attached hydrogens (tertiary/aromatic N) is 3. The minimum Gasteiger partial charge on any atom is -0.497 e. The average Bonchev–Trinajstić information content (AvgIpc) is 2.96. The first kappa shape index (κ1) is 13.4. The molecule has 0 fully saturated rings. The molecule has 2 heterocycles. The van der Waals surface area contributed by atoms with E-state index in [1.54, 1.807) is 20.4 Å². The van der Waals surface area contributed by atoms with Gasteiger partial charge in [0.05, 0.1) is 25.6 Å². The van der Waals surface area contributed by atoms with Gasteiger partial charge in [-0.2, -0.15) is 0 Å². The molecule has 0 aliphatic carbocycles. The number of fused-ring (bicyclic) bond motifs is 1. The van der Waals surface area contributed by atoms with E-state index < -0.39 is 0 Å². The fourth-order valence-corrected chi connectivity index (χ4v) is 2.56. The zero-order valence-corrected chi connectivity index (χ0v) is 12.5. The van der Waals surface area contributed by atoms with Gasteiger partial charge in [-0.1, -0.05) is 0 Å². The van der Waals surface area contributed by atoms with Gasteiger partial charge >= 0.3 is 0 Å². The Morgan fingerprint density at radius 2 is 1.90 bits per heavy atom. The van der Waals surface area contributed by atoms with E-state index in [-0.39, 0.29) is 0 Å². The molecule has 3 rings (SSSR count). The number of aryl methyl sites for hydroxylation is 2. The molecule has 0 amide bonds. The maximum Gasteiger partial charge on any atom is 0.258 e. The normalized spacial score (nSPS) is 10.9. The lowest BCUT2D eigenvalue weighted by atomic mass is 10.0. The van der Waals surface area contributed by atoms with Gasteiger partial charge in [-0.05, 0) is 37.6 Å². The number of ether oxygens (including phenoxy) is 2. The summed E-state index contributed by atoms with van der Waals surface area (Å²) in [6.07, 6.45) is 3.67. The van der Waals surface area contributed by atoms with Gasteiger partial charge in [-0.25, -0.2) is 9.97 Å². The lowest BCUT2D eigenvalue weighted by Gasteiger charge is -2.14. The summed E-state index contributed by atoms with van der Waals surface area (Å²) in [4.78, 5) is 8.85. The van der Waals surface area contributed by atoms with E-state index in [0.29, 0.717) is 11.5 Å². The Morgan fingerprint density at radius 3 is 2.57 bits per heavy atom. The van der Waals surface area contributed by atoms with E-state index in [1.165, 1.54) is 0 Å². The molecule has 3 aromatic rings. The molecule has 0 bridgehead atoms. The van der Waals surface area contributed by atoms with Gasteiger partial charge in [0.2, 0.25) is 5.65 Å². The zero-order chi connectivity index (χ0) is 15.0. The Kier molecular flexibility index (Phi) is 3.25. The molecule has 2 aromatic heterocycles. The Balaban J connectivity index is 2.30. The molecule has 0 radical (unpaired) electrons. The van der Waals surface area contributed by atoms with Crippen LogP contribution in [0.15, 0.2) is 30.6 Å². The molecule has 5 nitrogen and oxygen atoms in total. The van der Waals surface area contributed by atoms with E-state index in [9.17, 15) is 0 Å². The first-order valence-corrected chi connectivity index (χ1v) is 6.68. The number of rotatable bonds is 3. The number of hydrogen-bond donors (Lipinski definition) is 0. The highest BCUT2D eigenvalue weighted by molar-refractivity contribution is 5.71. The molecule has 108 valence electrons. The third kappa shape index (κ3) is 2.11. The highest BCUT2D eigenvalue weighted by Crippen LogP contribution is 2.31. The first-order valence-electron chi connectivity index (χ1n) is 6.68. The molecule has 0 N–H and O–H groups in total. The smallest absolute Gasteiger partial charge is 0.258 e. The second kappa shape index (κ2) is 5.09. The van der Waals surface area contributed by atoms with Crippen LogP contribution in [0.4, 0.5) is 0 Å². The molecule has 0 saturated heterocycles. The summed E-state index contributed by atoms with van der Waals surface area (Å²) >= 11 is 0. The Morgan fingerprint density at radius 1 is 1.10 bits per heavy atom. The zero-order valence-electron chi connectivity index (χ0n) is 12.5. The molecule has 0 spiro atoms. The highest BCUT2D eigenvalue weighted by atomic mass is 16.5. The Labute approximate surface area is 123 Å². The number of aromatic nitrogens is 3. The van der Waals surface area contributed by atoms with E-state index in [2.05, 4.69) is 16.9 Å². The third-order valence-corrected chi connectivity index (χ3v) is 3.57. The molecular weight excluding hydrogens is 266 g/mol. The van der Waals surface area contributed by atoms with Gasteiger partial charge in [-0.3, -0.25) is 4.40 Å². The van der Waals surface area contributed by atoms with Crippen molar-refractivity contribution >= 4 is 5.65 Å². The molecular formula is C16H17N3O2. The van der Waals surface area contributed by atoms with E-state index in [0.717, 1.165) is 28.3 Å². The summed E-state index contributed by atoms with van der Waals surface area (Å²) < 4.78 is 12.6. The van der Waals surface area contributed by atoms with Crippen LogP contribution in [-0.2, 0) is 0 Å². The minimum atomic E-state index is 0.535. The van der Waals surface area contributed by atoms with Gasteiger partial charge in [0.25, 0.3) is 5.88 Å². The van der Waals surface area contributed by atoms with Crippen molar-refractivity contribution in [3.8, 4) is 22.9 Å². The van der Waals surface area contributed by atoms with Crippen molar-refractivity contribution in [1.82, 2.24) is 14.4 Å². The summed E-state index contributed by atoms with van der Waals surface area (Å²) in [7, 11) is 3.28. The Hall–Kier alpha value is -2.56. The van der Waals surface area contributed by atoms with Crippen LogP contribution in [0.25, 0.3) is 16.9 Å². The molecule has 0 saturated carbocycles. The van der Waals surface area contributed by atoms with Gasteiger partial charge < -0.3 is 9.47 Å². The third-order valence-electron chi connectivity index (χ3n) is 3.57. The molecule has 1 aromatic carbocycles. The maximum absolute atomic E-state index is 5.31. The largest absolute Gasteiger partial charge is 0.497 e. The van der Waals surface area contributed by atoms with Crippen LogP contribution >= 0.6 is 0 Å². The van der Waals surface area contributed by atoms with Crippen molar-refractivity contribution in [2.24, 2.45) is 0 Å². The molecule has 0 aliphatic rings. The number of hydrogen-bond acceptors (Lipinski definition) is 4. The van der Waals surface area contributed by atoms with Gasteiger partial charge in [0, 0.05) is 18.0 Å². The number of imidazole rings is 1. The van der Waals surface area contributed by atoms with Crippen LogP contribution in [0, 0.1) is 13.8 Å². The van der Waals surface area contributed by atoms with E-state index in [1.807, 2.05) is 35.7 Å². The molecule has 5 heteroatoms. The summed E-state index contributed by atoms with van der Waals surface area (Å²) in [6, 6.07) is 6.01. The SMILES string of the molecule is COc1ccc(-c2c(C)nc(OC)c3nccn23)c(C)c1. The molecule has 0 atom stereocenters. The van der Waals surface area contributed by atoms with Gasteiger partial charge in [0.1, 0.15) is 5.75 Å². The summed E-state index contributed by atoms with van der Waals surface area (Å²) in [5.41, 5.74) is 4.85. The Bertz CT molecular complexity index is 809. The molecule has 0 aliphatic heterocycles. The summed E-state index contributed by atoms with van der Waals surface area (Å²) in [5, 5.41) is 0. The molecule has 21 heavy (non-hydrogen) atoms. The fourth-order valence-electron chi connectivity index (χ4n) is 2.56. The highest BCUT2D eigenvalue weighted by Gasteiger charge is 2.16. The lowest BCUT2D eigenvalue weighted by molar-refractivity contribution is 0.399. The van der Waals surface area contributed by atoms with Crippen LogP contribution in [0.5, 0.6) is 11.6 Å². The van der Waals surface area contributed by atoms with Crippen molar-refractivity contribution in [3.05, 3.63) is 41.9 Å². The standard InChI is InChI=1S/C16H17N3O2/c1-10-9-12(20-3)5-6-13(10)14-11(2)18-16(21-4)15-17-7-8-19(14)15/h5-9H,1-4H3. The lowest BCUT2D eigenvalue weighted by Crippen LogP contribution is -2.02. The fraction of sp³-hybridized carbons (Fsp3) is 0.250. The van der Waals surface area contributed by atoms with Crippen molar-refractivity contribution in [3.63, 3.8) is 0 Å². The van der Waals surface area contributed by atoms with Gasteiger partial charge in [-0.15, -0.1) is 0 Å². The van der Waals surface area contributed by atoms with E-state index >= 15 is 0 Å². The van der Waals surface area contributed by atoms with Crippen LogP contribution in [0.3, 0.4) is 0 Å². The number of methoxy groups -OCH3 is 2. The van der Waals surface area contributed by atoms with Crippen LogP contribution in [0.1, 0.15) is 11.3 Å². The number of benzene rings is 1. The van der Waals surface area contributed by atoms with Crippen molar-refractivity contribution < 1.29 is 9.47 Å². The van der Waals surface area contributed by atoms with Crippen molar-refractivity contribution in [2.75, 3.05) is 14.2 Å². The van der Waals surface area contributed by atoms with Gasteiger partial charge in [0.15, 0.2) is 0 Å². The second-order valence-corrected chi connectivity index (χ2v) is 4.86. The summed E-state index contributed by atoms with van der Waals surface area (Å²) in [5.74, 6) is 1.38. The van der Waals surface area contributed by atoms with E-state index in [4.69, 9.17) is 9.47 Å².